The molecule has 3 rings (SSSR count). The largest absolute Gasteiger partial charge is 0.497 e. The van der Waals surface area contributed by atoms with Crippen molar-refractivity contribution in [1.82, 2.24) is 4.72 Å². The summed E-state index contributed by atoms with van der Waals surface area (Å²) in [7, 11) is 0.148. The summed E-state index contributed by atoms with van der Waals surface area (Å²) in [4.78, 5) is 13.1. The van der Waals surface area contributed by atoms with Crippen LogP contribution in [0.4, 0.5) is 5.69 Å². The van der Waals surface area contributed by atoms with Crippen molar-refractivity contribution in [2.45, 2.75) is 17.4 Å². The van der Waals surface area contributed by atoms with E-state index in [1.807, 2.05) is 30.3 Å². The van der Waals surface area contributed by atoms with Gasteiger partial charge in [-0.25, -0.2) is 8.42 Å². The van der Waals surface area contributed by atoms with E-state index < -0.39 is 22.0 Å². The summed E-state index contributed by atoms with van der Waals surface area (Å²) >= 11 is 6.02. The van der Waals surface area contributed by atoms with Crippen LogP contribution in [-0.2, 0) is 21.2 Å². The summed E-state index contributed by atoms with van der Waals surface area (Å²) in [5, 5.41) is 2.96. The summed E-state index contributed by atoms with van der Waals surface area (Å²) in [5.41, 5.74) is 1.14. The Hall–Kier alpha value is -3.27. The zero-order valence-corrected chi connectivity index (χ0v) is 20.4. The fraction of sp³-hybridized carbons (Fsp3) is 0.208. The number of ether oxygens (including phenoxy) is 3. The molecule has 0 heterocycles. The quantitative estimate of drug-likeness (QED) is 0.434. The molecule has 0 aliphatic heterocycles. The molecule has 34 heavy (non-hydrogen) atoms. The molecule has 2 N–H and O–H groups in total. The first-order valence-corrected chi connectivity index (χ1v) is 12.1. The fourth-order valence-corrected chi connectivity index (χ4v) is 4.90. The maximum Gasteiger partial charge on any atom is 0.245 e. The van der Waals surface area contributed by atoms with Crippen LogP contribution < -0.4 is 24.2 Å². The van der Waals surface area contributed by atoms with Gasteiger partial charge in [0, 0.05) is 11.1 Å². The Morgan fingerprint density at radius 3 is 2.26 bits per heavy atom. The van der Waals surface area contributed by atoms with Gasteiger partial charge in [-0.3, -0.25) is 4.79 Å². The van der Waals surface area contributed by atoms with E-state index in [0.29, 0.717) is 17.2 Å². The summed E-state index contributed by atoms with van der Waals surface area (Å²) in [6.45, 7) is 0. The lowest BCUT2D eigenvalue weighted by atomic mass is 10.1. The summed E-state index contributed by atoms with van der Waals surface area (Å²) < 4.78 is 44.7. The van der Waals surface area contributed by atoms with Crippen LogP contribution in [0.25, 0.3) is 0 Å². The molecule has 1 atom stereocenters. The third kappa shape index (κ3) is 6.19. The highest BCUT2D eigenvalue weighted by atomic mass is 35.5. The molecule has 0 aliphatic rings. The molecule has 0 aliphatic carbocycles. The lowest BCUT2D eigenvalue weighted by Crippen LogP contribution is -2.45. The van der Waals surface area contributed by atoms with Crippen molar-refractivity contribution in [3.8, 4) is 17.2 Å². The number of hydrogen-bond acceptors (Lipinski definition) is 6. The smallest absolute Gasteiger partial charge is 0.245 e. The van der Waals surface area contributed by atoms with Crippen molar-refractivity contribution in [2.24, 2.45) is 0 Å². The first-order valence-electron chi connectivity index (χ1n) is 10.2. The van der Waals surface area contributed by atoms with Crippen molar-refractivity contribution >= 4 is 33.2 Å². The van der Waals surface area contributed by atoms with Gasteiger partial charge >= 0.3 is 0 Å². The van der Waals surface area contributed by atoms with Crippen LogP contribution in [-0.4, -0.2) is 41.7 Å². The average Bonchev–Trinajstić information content (AvgIpc) is 2.84. The molecular formula is C24H25ClN2O6S. The number of amides is 1. The molecule has 0 bridgehead atoms. The molecule has 3 aromatic rings. The molecule has 8 nitrogen and oxygen atoms in total. The van der Waals surface area contributed by atoms with E-state index in [9.17, 15) is 13.2 Å². The van der Waals surface area contributed by atoms with Gasteiger partial charge in [0.25, 0.3) is 0 Å². The Kier molecular flexibility index (Phi) is 8.38. The zero-order valence-electron chi connectivity index (χ0n) is 18.9. The third-order valence-electron chi connectivity index (χ3n) is 4.98. The topological polar surface area (TPSA) is 103 Å². The van der Waals surface area contributed by atoms with Crippen molar-refractivity contribution in [3.63, 3.8) is 0 Å². The first kappa shape index (κ1) is 25.4. The molecule has 0 spiro atoms. The van der Waals surface area contributed by atoms with Gasteiger partial charge < -0.3 is 19.5 Å². The molecule has 0 unspecified atom stereocenters. The molecule has 0 fully saturated rings. The van der Waals surface area contributed by atoms with E-state index in [2.05, 4.69) is 10.0 Å². The van der Waals surface area contributed by atoms with Crippen molar-refractivity contribution in [2.75, 3.05) is 26.6 Å². The van der Waals surface area contributed by atoms with Gasteiger partial charge in [0.1, 0.15) is 28.2 Å². The minimum Gasteiger partial charge on any atom is -0.497 e. The predicted octanol–water partition coefficient (Wildman–Crippen LogP) is 3.89. The Labute approximate surface area is 203 Å². The van der Waals surface area contributed by atoms with E-state index in [-0.39, 0.29) is 22.1 Å². The van der Waals surface area contributed by atoms with E-state index in [4.69, 9.17) is 25.8 Å². The second-order valence-electron chi connectivity index (χ2n) is 7.21. The highest BCUT2D eigenvalue weighted by molar-refractivity contribution is 7.89. The highest BCUT2D eigenvalue weighted by Gasteiger charge is 2.29. The first-order chi connectivity index (χ1) is 16.3. The fourth-order valence-electron chi connectivity index (χ4n) is 3.27. The molecule has 180 valence electrons. The van der Waals surface area contributed by atoms with Crippen LogP contribution in [0.15, 0.2) is 71.6 Å². The van der Waals surface area contributed by atoms with Crippen LogP contribution in [0.2, 0.25) is 5.02 Å². The second-order valence-corrected chi connectivity index (χ2v) is 9.33. The highest BCUT2D eigenvalue weighted by Crippen LogP contribution is 2.30. The van der Waals surface area contributed by atoms with E-state index in [0.717, 1.165) is 5.56 Å². The number of nitrogens with one attached hydrogen (secondary N) is 2. The maximum atomic E-state index is 13.3. The lowest BCUT2D eigenvalue weighted by molar-refractivity contribution is -0.117. The second kappa shape index (κ2) is 11.2. The maximum absolute atomic E-state index is 13.3. The Balaban J connectivity index is 1.94. The van der Waals surface area contributed by atoms with Crippen molar-refractivity contribution in [1.29, 1.82) is 0 Å². The number of rotatable bonds is 10. The van der Waals surface area contributed by atoms with Gasteiger partial charge in [-0.1, -0.05) is 41.9 Å². The molecular weight excluding hydrogens is 480 g/mol. The molecule has 0 saturated carbocycles. The van der Waals surface area contributed by atoms with E-state index in [1.54, 1.807) is 18.2 Å². The standard InChI is InChI=1S/C24H25ClN2O6S/c1-31-18-10-11-19(22(15-18)33-3)26-24(28)20(13-16-7-5-4-6-8-16)27-34(29,30)23-14-17(25)9-12-21(23)32-2/h4-12,14-15,20,27H,13H2,1-3H3,(H,26,28)/t20-/m0/s1. The van der Waals surface area contributed by atoms with Crippen LogP contribution in [0.3, 0.4) is 0 Å². The average molecular weight is 505 g/mol. The van der Waals surface area contributed by atoms with E-state index in [1.165, 1.54) is 39.5 Å². The number of anilines is 1. The molecule has 0 aromatic heterocycles. The summed E-state index contributed by atoms with van der Waals surface area (Å²) in [5.74, 6) is 0.444. The van der Waals surface area contributed by atoms with Crippen molar-refractivity contribution in [3.05, 3.63) is 77.3 Å². The van der Waals surface area contributed by atoms with Gasteiger partial charge in [0.15, 0.2) is 0 Å². The Morgan fingerprint density at radius 2 is 1.62 bits per heavy atom. The van der Waals surface area contributed by atoms with Crippen molar-refractivity contribution < 1.29 is 27.4 Å². The molecule has 3 aromatic carbocycles. The van der Waals surface area contributed by atoms with Gasteiger partial charge in [-0.2, -0.15) is 4.72 Å². The minimum absolute atomic E-state index is 0.104. The van der Waals surface area contributed by atoms with Gasteiger partial charge in [-0.15, -0.1) is 0 Å². The van der Waals surface area contributed by atoms with E-state index >= 15 is 0 Å². The van der Waals surface area contributed by atoms with Crippen LogP contribution in [0, 0.1) is 0 Å². The Bertz CT molecular complexity index is 1250. The molecule has 1 amide bonds. The lowest BCUT2D eigenvalue weighted by Gasteiger charge is -2.20. The number of methoxy groups -OCH3 is 3. The molecule has 10 heteroatoms. The molecule has 0 radical (unpaired) electrons. The van der Waals surface area contributed by atoms with Gasteiger partial charge in [0.2, 0.25) is 15.9 Å². The van der Waals surface area contributed by atoms with Crippen LogP contribution >= 0.6 is 11.6 Å². The molecule has 0 saturated heterocycles. The number of carbonyl (C=O) groups excluding carboxylic acids is 1. The number of halogens is 1. The number of benzene rings is 3. The SMILES string of the molecule is COc1ccc(NC(=O)[C@H](Cc2ccccc2)NS(=O)(=O)c2cc(Cl)ccc2OC)c(OC)c1. The summed E-state index contributed by atoms with van der Waals surface area (Å²) in [6.07, 6.45) is 0.104. The van der Waals surface area contributed by atoms with Gasteiger partial charge in [0.05, 0.1) is 27.0 Å². The van der Waals surface area contributed by atoms with Gasteiger partial charge in [-0.05, 0) is 42.3 Å². The number of carbonyl (C=O) groups is 1. The monoisotopic (exact) mass is 504 g/mol. The predicted molar refractivity (Wildman–Crippen MR) is 130 cm³/mol. The summed E-state index contributed by atoms with van der Waals surface area (Å²) in [6, 6.07) is 17.0. The van der Waals surface area contributed by atoms with Crippen LogP contribution in [0.5, 0.6) is 17.2 Å². The third-order valence-corrected chi connectivity index (χ3v) is 6.71. The Morgan fingerprint density at radius 1 is 0.912 bits per heavy atom. The normalized spacial score (nSPS) is 12.0. The zero-order chi connectivity index (χ0) is 24.7. The minimum atomic E-state index is -4.18. The number of hydrogen-bond donors (Lipinski definition) is 2. The van der Waals surface area contributed by atoms with Crippen LogP contribution in [0.1, 0.15) is 5.56 Å². The number of sulfonamides is 1.